The van der Waals surface area contributed by atoms with Gasteiger partial charge in [-0.2, -0.15) is 0 Å². The first-order valence-electron chi connectivity index (χ1n) is 6.04. The number of rotatable bonds is 2. The van der Waals surface area contributed by atoms with Gasteiger partial charge < -0.3 is 9.47 Å². The van der Waals surface area contributed by atoms with Crippen molar-refractivity contribution in [3.63, 3.8) is 0 Å². The van der Waals surface area contributed by atoms with E-state index in [1.165, 1.54) is 0 Å². The summed E-state index contributed by atoms with van der Waals surface area (Å²) < 4.78 is 11.8. The number of fused-ring (bicyclic) bond motifs is 2. The monoisotopic (exact) mass is 208 g/mol. The lowest BCUT2D eigenvalue weighted by Gasteiger charge is -2.44. The van der Waals surface area contributed by atoms with Crippen LogP contribution in [-0.4, -0.2) is 32.2 Å². The van der Waals surface area contributed by atoms with Crippen LogP contribution in [0.5, 0.6) is 0 Å². The lowest BCUT2D eigenvalue weighted by atomic mass is 9.68. The predicted molar refractivity (Wildman–Crippen MR) is 60.9 cm³/mol. The highest BCUT2D eigenvalue weighted by Gasteiger charge is 2.58. The summed E-state index contributed by atoms with van der Waals surface area (Å²) in [6, 6.07) is -0.234. The van der Waals surface area contributed by atoms with Crippen LogP contribution >= 0.6 is 0 Å². The molecule has 3 heteroatoms. The zero-order chi connectivity index (χ0) is 11.2. The van der Waals surface area contributed by atoms with Crippen LogP contribution in [0.2, 0.25) is 0 Å². The van der Waals surface area contributed by atoms with E-state index in [-0.39, 0.29) is 17.7 Å². The minimum Gasteiger partial charge on any atom is -0.378 e. The van der Waals surface area contributed by atoms with Gasteiger partial charge in [-0.05, 0) is 11.8 Å². The third kappa shape index (κ3) is 1.55. The lowest BCUT2D eigenvalue weighted by molar-refractivity contribution is -0.115. The van der Waals surface area contributed by atoms with Crippen molar-refractivity contribution in [2.75, 3.05) is 6.61 Å². The molecular weight excluding hydrogens is 187 g/mol. The summed E-state index contributed by atoms with van der Waals surface area (Å²) in [5, 5.41) is 0. The predicted octanol–water partition coefficient (Wildman–Crippen LogP) is 1.97. The highest BCUT2D eigenvalue weighted by molar-refractivity contribution is 6.11. The molecule has 15 heavy (non-hydrogen) atoms. The van der Waals surface area contributed by atoms with E-state index in [9.17, 15) is 0 Å². The second-order valence-corrected chi connectivity index (χ2v) is 5.55. The molecule has 0 aromatic rings. The average Bonchev–Trinajstić information content (AvgIpc) is 2.32. The fraction of sp³-hybridized carbons (Fsp3) is 1.00. The van der Waals surface area contributed by atoms with Gasteiger partial charge in [0.25, 0.3) is 0 Å². The average molecular weight is 208 g/mol. The molecule has 2 aliphatic heterocycles. The van der Waals surface area contributed by atoms with Gasteiger partial charge in [-0.3, -0.25) is 0 Å². The van der Waals surface area contributed by atoms with Crippen molar-refractivity contribution < 1.29 is 9.47 Å². The van der Waals surface area contributed by atoms with Gasteiger partial charge in [0.05, 0.1) is 11.7 Å². The second-order valence-electron chi connectivity index (χ2n) is 5.55. The third-order valence-corrected chi connectivity index (χ3v) is 4.10. The van der Waals surface area contributed by atoms with Gasteiger partial charge in [0, 0.05) is 24.9 Å². The summed E-state index contributed by atoms with van der Waals surface area (Å²) in [7, 11) is 6.02. The maximum Gasteiger partial charge on any atom is 0.112 e. The highest BCUT2D eigenvalue weighted by atomic mass is 16.6. The fourth-order valence-corrected chi connectivity index (χ4v) is 3.41. The quantitative estimate of drug-likeness (QED) is 0.646. The largest absolute Gasteiger partial charge is 0.378 e. The third-order valence-electron chi connectivity index (χ3n) is 4.10. The Morgan fingerprint density at radius 2 is 1.93 bits per heavy atom. The number of hydrogen-bond acceptors (Lipinski definition) is 2. The smallest absolute Gasteiger partial charge is 0.112 e. The van der Waals surface area contributed by atoms with E-state index in [2.05, 4.69) is 27.7 Å². The van der Waals surface area contributed by atoms with Gasteiger partial charge in [-0.25, -0.2) is 0 Å². The first kappa shape index (κ1) is 11.5. The van der Waals surface area contributed by atoms with E-state index in [1.54, 1.807) is 0 Å². The van der Waals surface area contributed by atoms with Gasteiger partial charge in [0.2, 0.25) is 0 Å². The van der Waals surface area contributed by atoms with Crippen LogP contribution in [0, 0.1) is 17.8 Å². The molecule has 2 rings (SSSR count). The molecule has 0 aliphatic carbocycles. The lowest BCUT2D eigenvalue weighted by Crippen LogP contribution is -2.50. The van der Waals surface area contributed by atoms with Crippen molar-refractivity contribution in [2.45, 2.75) is 51.8 Å². The first-order valence-corrected chi connectivity index (χ1v) is 6.04. The molecule has 2 heterocycles. The molecule has 0 amide bonds. The molecule has 2 radical (unpaired) electrons. The Balaban J connectivity index is 2.34. The van der Waals surface area contributed by atoms with Crippen LogP contribution in [0.3, 0.4) is 0 Å². The van der Waals surface area contributed by atoms with Crippen molar-refractivity contribution in [1.82, 2.24) is 0 Å². The molecule has 4 atom stereocenters. The van der Waals surface area contributed by atoms with Gasteiger partial charge >= 0.3 is 0 Å². The Hall–Kier alpha value is -0.0151. The van der Waals surface area contributed by atoms with Crippen LogP contribution in [0.1, 0.15) is 34.1 Å². The number of ether oxygens (including phenoxy) is 2. The zero-order valence-corrected chi connectivity index (χ0v) is 10.2. The molecule has 0 saturated carbocycles. The van der Waals surface area contributed by atoms with E-state index >= 15 is 0 Å². The maximum atomic E-state index is 6.06. The molecule has 2 aliphatic rings. The van der Waals surface area contributed by atoms with Crippen molar-refractivity contribution in [3.8, 4) is 0 Å². The van der Waals surface area contributed by atoms with Crippen LogP contribution in [-0.2, 0) is 9.47 Å². The molecule has 0 spiro atoms. The maximum absolute atomic E-state index is 6.06. The summed E-state index contributed by atoms with van der Waals surface area (Å²) in [6.07, 6.45) is 1.08. The summed E-state index contributed by atoms with van der Waals surface area (Å²) in [6.45, 7) is 9.74. The second kappa shape index (κ2) is 3.78. The summed E-state index contributed by atoms with van der Waals surface area (Å²) in [5.41, 5.74) is -0.0451. The van der Waals surface area contributed by atoms with Gasteiger partial charge in [-0.15, -0.1) is 0 Å². The van der Waals surface area contributed by atoms with E-state index < -0.39 is 0 Å². The van der Waals surface area contributed by atoms with E-state index in [0.29, 0.717) is 17.8 Å². The van der Waals surface area contributed by atoms with Gasteiger partial charge in [-0.1, -0.05) is 27.7 Å². The fourth-order valence-electron chi connectivity index (χ4n) is 3.41. The standard InChI is InChI=1S/C12H21BO2/c1-7(2)9-10-11(13)15-12(9,8(3)4)5-6-14-10/h7-11H,5-6H2,1-4H3/t9?,10-,11+,12+/m0/s1. The minimum absolute atomic E-state index is 0.0451. The normalized spacial score (nSPS) is 45.3. The summed E-state index contributed by atoms with van der Waals surface area (Å²) in [4.78, 5) is 0. The first-order chi connectivity index (χ1) is 6.99. The summed E-state index contributed by atoms with van der Waals surface area (Å²) >= 11 is 0. The molecule has 1 unspecified atom stereocenters. The van der Waals surface area contributed by atoms with Crippen molar-refractivity contribution in [3.05, 3.63) is 0 Å². The van der Waals surface area contributed by atoms with Crippen molar-refractivity contribution in [2.24, 2.45) is 17.8 Å². The van der Waals surface area contributed by atoms with Gasteiger partial charge in [0.15, 0.2) is 0 Å². The summed E-state index contributed by atoms with van der Waals surface area (Å²) in [5.74, 6) is 1.51. The Bertz CT molecular complexity index is 242. The zero-order valence-electron chi connectivity index (χ0n) is 10.2. The molecule has 0 aromatic carbocycles. The Morgan fingerprint density at radius 3 is 2.40 bits per heavy atom. The Kier molecular flexibility index (Phi) is 2.89. The molecule has 0 aromatic heterocycles. The molecule has 2 nitrogen and oxygen atoms in total. The molecule has 0 N–H and O–H groups in total. The Labute approximate surface area is 94.1 Å². The van der Waals surface area contributed by atoms with Crippen LogP contribution in [0.25, 0.3) is 0 Å². The molecule has 2 saturated heterocycles. The highest BCUT2D eigenvalue weighted by Crippen LogP contribution is 2.50. The van der Waals surface area contributed by atoms with Crippen LogP contribution in [0.4, 0.5) is 0 Å². The van der Waals surface area contributed by atoms with Crippen LogP contribution in [0.15, 0.2) is 0 Å². The molecular formula is C12H21BO2. The molecule has 2 bridgehead atoms. The van der Waals surface area contributed by atoms with E-state index in [1.807, 2.05) is 0 Å². The van der Waals surface area contributed by atoms with Crippen molar-refractivity contribution >= 4 is 7.85 Å². The minimum atomic E-state index is -0.234. The van der Waals surface area contributed by atoms with E-state index in [0.717, 1.165) is 13.0 Å². The number of hydrogen-bond donors (Lipinski definition) is 0. The molecule has 2 fully saturated rings. The van der Waals surface area contributed by atoms with Crippen LogP contribution < -0.4 is 0 Å². The molecule has 84 valence electrons. The Morgan fingerprint density at radius 1 is 1.27 bits per heavy atom. The topological polar surface area (TPSA) is 18.5 Å². The van der Waals surface area contributed by atoms with Crippen molar-refractivity contribution in [1.29, 1.82) is 0 Å². The van der Waals surface area contributed by atoms with E-state index in [4.69, 9.17) is 17.3 Å². The van der Waals surface area contributed by atoms with Gasteiger partial charge in [0.1, 0.15) is 7.85 Å². The SMILES string of the molecule is [B][C@@H]1O[C@@]2(C(C)C)CCO[C@H]1C2C(C)C.